The van der Waals surface area contributed by atoms with Gasteiger partial charge in [-0.1, -0.05) is 29.8 Å². The van der Waals surface area contributed by atoms with E-state index in [4.69, 9.17) is 9.47 Å². The maximum Gasteiger partial charge on any atom is 0.310 e. The van der Waals surface area contributed by atoms with E-state index >= 15 is 0 Å². The number of esters is 1. The van der Waals surface area contributed by atoms with Gasteiger partial charge in [-0.25, -0.2) is 0 Å². The summed E-state index contributed by atoms with van der Waals surface area (Å²) >= 11 is 0. The van der Waals surface area contributed by atoms with E-state index in [1.807, 2.05) is 50.2 Å². The summed E-state index contributed by atoms with van der Waals surface area (Å²) in [6.45, 7) is 5.68. The lowest BCUT2D eigenvalue weighted by atomic mass is 10.2. The molecule has 0 spiro atoms. The van der Waals surface area contributed by atoms with Gasteiger partial charge in [-0.15, -0.1) is 0 Å². The van der Waals surface area contributed by atoms with Gasteiger partial charge in [0.25, 0.3) is 5.91 Å². The lowest BCUT2D eigenvalue weighted by Gasteiger charge is -2.14. The molecule has 0 aromatic heterocycles. The topological polar surface area (TPSA) is 64.6 Å². The minimum atomic E-state index is -0.868. The first-order chi connectivity index (χ1) is 11.9. The van der Waals surface area contributed by atoms with Crippen molar-refractivity contribution in [1.29, 1.82) is 0 Å². The number of carbonyl (C=O) groups excluding carboxylic acids is 2. The second kappa shape index (κ2) is 8.87. The number of anilines is 1. The fourth-order valence-electron chi connectivity index (χ4n) is 2.15. The third-order valence-electron chi connectivity index (χ3n) is 3.56. The molecule has 0 bridgehead atoms. The SMILES string of the molecule is Cc1ccc(NC(=O)[C@@H](C)OC(=O)CCOc2cccc(C)c2)cc1. The average Bonchev–Trinajstić information content (AvgIpc) is 2.57. The monoisotopic (exact) mass is 341 g/mol. The van der Waals surface area contributed by atoms with E-state index in [0.717, 1.165) is 11.1 Å². The number of hydrogen-bond donors (Lipinski definition) is 1. The summed E-state index contributed by atoms with van der Waals surface area (Å²) in [7, 11) is 0. The molecule has 1 amide bonds. The van der Waals surface area contributed by atoms with Crippen molar-refractivity contribution in [3.8, 4) is 5.75 Å². The fourth-order valence-corrected chi connectivity index (χ4v) is 2.15. The molecule has 2 rings (SSSR count). The Kier molecular flexibility index (Phi) is 6.57. The van der Waals surface area contributed by atoms with Crippen LogP contribution in [-0.4, -0.2) is 24.6 Å². The summed E-state index contributed by atoms with van der Waals surface area (Å²) in [5, 5.41) is 2.72. The van der Waals surface area contributed by atoms with Crippen LogP contribution in [0.4, 0.5) is 5.69 Å². The van der Waals surface area contributed by atoms with E-state index in [0.29, 0.717) is 11.4 Å². The molecule has 0 radical (unpaired) electrons. The molecule has 0 heterocycles. The normalized spacial score (nSPS) is 11.5. The van der Waals surface area contributed by atoms with Gasteiger partial charge in [0.2, 0.25) is 0 Å². The zero-order valence-corrected chi connectivity index (χ0v) is 14.7. The molecule has 0 aliphatic carbocycles. The van der Waals surface area contributed by atoms with Crippen molar-refractivity contribution >= 4 is 17.6 Å². The molecule has 5 nitrogen and oxygen atoms in total. The van der Waals surface area contributed by atoms with Gasteiger partial charge in [0.1, 0.15) is 5.75 Å². The molecule has 1 atom stereocenters. The van der Waals surface area contributed by atoms with Crippen LogP contribution in [0.2, 0.25) is 0 Å². The Labute approximate surface area is 148 Å². The van der Waals surface area contributed by atoms with E-state index < -0.39 is 12.1 Å². The Hall–Kier alpha value is -2.82. The molecule has 25 heavy (non-hydrogen) atoms. The molecular weight excluding hydrogens is 318 g/mol. The van der Waals surface area contributed by atoms with Gasteiger partial charge in [0.05, 0.1) is 13.0 Å². The van der Waals surface area contributed by atoms with Crippen LogP contribution < -0.4 is 10.1 Å². The number of ether oxygens (including phenoxy) is 2. The van der Waals surface area contributed by atoms with Crippen LogP contribution in [0.5, 0.6) is 5.75 Å². The highest BCUT2D eigenvalue weighted by atomic mass is 16.5. The van der Waals surface area contributed by atoms with Crippen molar-refractivity contribution in [2.75, 3.05) is 11.9 Å². The minimum Gasteiger partial charge on any atom is -0.493 e. The van der Waals surface area contributed by atoms with E-state index in [-0.39, 0.29) is 18.9 Å². The molecule has 0 saturated heterocycles. The van der Waals surface area contributed by atoms with Gasteiger partial charge in [-0.05, 0) is 50.6 Å². The van der Waals surface area contributed by atoms with Gasteiger partial charge in [0, 0.05) is 5.69 Å². The number of amides is 1. The Bertz CT molecular complexity index is 725. The summed E-state index contributed by atoms with van der Waals surface area (Å²) in [5.41, 5.74) is 2.86. The quantitative estimate of drug-likeness (QED) is 0.781. The first kappa shape index (κ1) is 18.5. The van der Waals surface area contributed by atoms with Crippen LogP contribution in [-0.2, 0) is 14.3 Å². The van der Waals surface area contributed by atoms with Gasteiger partial charge < -0.3 is 14.8 Å². The lowest BCUT2D eigenvalue weighted by Crippen LogP contribution is -2.30. The van der Waals surface area contributed by atoms with Crippen molar-refractivity contribution in [3.05, 3.63) is 59.7 Å². The summed E-state index contributed by atoms with van der Waals surface area (Å²) in [6.07, 6.45) is -0.788. The summed E-state index contributed by atoms with van der Waals surface area (Å²) in [6, 6.07) is 15.0. The molecule has 1 N–H and O–H groups in total. The highest BCUT2D eigenvalue weighted by Gasteiger charge is 2.17. The number of hydrogen-bond acceptors (Lipinski definition) is 4. The molecular formula is C20H23NO4. The van der Waals surface area contributed by atoms with E-state index in [1.165, 1.54) is 0 Å². The molecule has 132 valence electrons. The Morgan fingerprint density at radius 1 is 1.04 bits per heavy atom. The Balaban J connectivity index is 1.73. The van der Waals surface area contributed by atoms with Crippen LogP contribution in [0.15, 0.2) is 48.5 Å². The highest BCUT2D eigenvalue weighted by molar-refractivity contribution is 5.95. The largest absolute Gasteiger partial charge is 0.493 e. The molecule has 0 saturated carbocycles. The summed E-state index contributed by atoms with van der Waals surface area (Å²) in [5.74, 6) is -0.131. The minimum absolute atomic E-state index is 0.0795. The Morgan fingerprint density at radius 2 is 1.76 bits per heavy atom. The van der Waals surface area contributed by atoms with Crippen molar-refractivity contribution < 1.29 is 19.1 Å². The number of nitrogens with one attached hydrogen (secondary N) is 1. The van der Waals surface area contributed by atoms with Crippen molar-refractivity contribution in [1.82, 2.24) is 0 Å². The zero-order chi connectivity index (χ0) is 18.2. The highest BCUT2D eigenvalue weighted by Crippen LogP contribution is 2.13. The fraction of sp³-hybridized carbons (Fsp3) is 0.300. The van der Waals surface area contributed by atoms with Crippen molar-refractivity contribution in [2.24, 2.45) is 0 Å². The third kappa shape index (κ3) is 6.30. The van der Waals surface area contributed by atoms with Crippen LogP contribution in [0.3, 0.4) is 0 Å². The Morgan fingerprint density at radius 3 is 2.44 bits per heavy atom. The third-order valence-corrected chi connectivity index (χ3v) is 3.56. The lowest BCUT2D eigenvalue weighted by molar-refractivity contribution is -0.153. The van der Waals surface area contributed by atoms with Gasteiger partial charge in [-0.2, -0.15) is 0 Å². The van der Waals surface area contributed by atoms with Crippen molar-refractivity contribution in [3.63, 3.8) is 0 Å². The molecule has 0 aliphatic heterocycles. The summed E-state index contributed by atoms with van der Waals surface area (Å²) < 4.78 is 10.6. The van der Waals surface area contributed by atoms with E-state index in [1.54, 1.807) is 19.1 Å². The van der Waals surface area contributed by atoms with Crippen LogP contribution in [0, 0.1) is 13.8 Å². The molecule has 0 unspecified atom stereocenters. The van der Waals surface area contributed by atoms with Gasteiger partial charge in [0.15, 0.2) is 6.10 Å². The zero-order valence-electron chi connectivity index (χ0n) is 14.7. The van der Waals surface area contributed by atoms with Crippen LogP contribution in [0.1, 0.15) is 24.5 Å². The maximum atomic E-state index is 12.0. The smallest absolute Gasteiger partial charge is 0.310 e. The van der Waals surface area contributed by atoms with Gasteiger partial charge in [-0.3, -0.25) is 9.59 Å². The average molecular weight is 341 g/mol. The molecule has 0 fully saturated rings. The predicted molar refractivity (Wildman–Crippen MR) is 96.7 cm³/mol. The number of benzene rings is 2. The predicted octanol–water partition coefficient (Wildman–Crippen LogP) is 3.64. The second-order valence-electron chi connectivity index (χ2n) is 5.90. The maximum absolute atomic E-state index is 12.0. The first-order valence-corrected chi connectivity index (χ1v) is 8.20. The van der Waals surface area contributed by atoms with E-state index in [2.05, 4.69) is 5.32 Å². The van der Waals surface area contributed by atoms with Gasteiger partial charge >= 0.3 is 5.97 Å². The molecule has 5 heteroatoms. The standard InChI is InChI=1S/C20H23NO4/c1-14-7-9-17(10-8-14)21-20(23)16(3)25-19(22)11-12-24-18-6-4-5-15(2)13-18/h4-10,13,16H,11-12H2,1-3H3,(H,21,23)/t16-/m1/s1. The molecule has 2 aromatic carbocycles. The van der Waals surface area contributed by atoms with Crippen LogP contribution in [0.25, 0.3) is 0 Å². The van der Waals surface area contributed by atoms with Crippen LogP contribution >= 0.6 is 0 Å². The van der Waals surface area contributed by atoms with Crippen molar-refractivity contribution in [2.45, 2.75) is 33.3 Å². The van der Waals surface area contributed by atoms with E-state index in [9.17, 15) is 9.59 Å². The molecule has 2 aromatic rings. The second-order valence-corrected chi connectivity index (χ2v) is 5.90. The summed E-state index contributed by atoms with van der Waals surface area (Å²) in [4.78, 5) is 23.9. The number of aryl methyl sites for hydroxylation is 2. The first-order valence-electron chi connectivity index (χ1n) is 8.20. The number of rotatable bonds is 7. The molecule has 0 aliphatic rings. The number of carbonyl (C=O) groups is 2.